The number of hydrogen-bond donors (Lipinski definition) is 0. The summed E-state index contributed by atoms with van der Waals surface area (Å²) < 4.78 is -4.67. The first kappa shape index (κ1) is 22.6. The first-order valence-electron chi connectivity index (χ1n) is 7.07. The summed E-state index contributed by atoms with van der Waals surface area (Å²) in [6.07, 6.45) is -2.65. The molecule has 0 fully saturated rings. The Balaban J connectivity index is 5.76. The largest absolute Gasteiger partial charge is 0.586 e. The molecule has 0 aliphatic heterocycles. The molecule has 0 spiro atoms. The average molecular weight is 366 g/mol. The van der Waals surface area contributed by atoms with E-state index >= 15 is 0 Å². The Labute approximate surface area is 146 Å². The van der Waals surface area contributed by atoms with E-state index in [-0.39, 0.29) is 0 Å². The molecule has 0 heterocycles. The molecule has 0 amide bonds. The normalized spacial score (nSPS) is 9.72. The van der Waals surface area contributed by atoms with Gasteiger partial charge in [0.2, 0.25) is 0 Å². The minimum atomic E-state index is -4.29. The Morgan fingerprint density at radius 3 is 0.840 bits per heavy atom. The first-order chi connectivity index (χ1) is 11.4. The van der Waals surface area contributed by atoms with Gasteiger partial charge in [0.15, 0.2) is 17.3 Å². The lowest BCUT2D eigenvalue weighted by atomic mass is 10.2. The zero-order valence-corrected chi connectivity index (χ0v) is 15.0. The van der Waals surface area contributed by atoms with Crippen molar-refractivity contribution in [3.63, 3.8) is 0 Å². The van der Waals surface area contributed by atoms with Crippen LogP contribution in [-0.2, 0) is 43.2 Å². The number of ketones is 6. The van der Waals surface area contributed by atoms with E-state index in [4.69, 9.17) is 0 Å². The van der Waals surface area contributed by atoms with E-state index in [0.29, 0.717) is 0 Å². The lowest BCUT2D eigenvalue weighted by molar-refractivity contribution is -0.139. The Bertz CT molecular complexity index is 607. The molecule has 0 unspecified atom stereocenters. The lowest BCUT2D eigenvalue weighted by Gasteiger charge is -2.06. The highest BCUT2D eigenvalue weighted by Gasteiger charge is 2.51. The van der Waals surface area contributed by atoms with Crippen LogP contribution in [-0.4, -0.2) is 62.8 Å². The van der Waals surface area contributed by atoms with E-state index in [0.717, 1.165) is 20.8 Å². The quantitative estimate of drug-likeness (QED) is 0.227. The lowest BCUT2D eigenvalue weighted by Crippen LogP contribution is -2.53. The maximum atomic E-state index is 12.1. The molecule has 0 rings (SSSR count). The number of carbonyl (C=O) groups is 9. The van der Waals surface area contributed by atoms with Crippen LogP contribution in [0.15, 0.2) is 0 Å². The zero-order chi connectivity index (χ0) is 19.9. The van der Waals surface area contributed by atoms with Gasteiger partial charge in [-0.1, -0.05) is 0 Å². The molecule has 9 nitrogen and oxygen atoms in total. The van der Waals surface area contributed by atoms with Crippen molar-refractivity contribution in [2.45, 2.75) is 40.0 Å². The predicted octanol–water partition coefficient (Wildman–Crippen LogP) is -1.55. The minimum Gasteiger partial charge on any atom is -0.311 e. The van der Waals surface area contributed by atoms with E-state index in [1.165, 1.54) is 0 Å². The highest BCUT2D eigenvalue weighted by atomic mass is 27.2. The van der Waals surface area contributed by atoms with E-state index in [9.17, 15) is 43.2 Å². The Morgan fingerprint density at radius 2 is 0.680 bits per heavy atom. The van der Waals surface area contributed by atoms with Crippen molar-refractivity contribution in [1.29, 1.82) is 0 Å². The van der Waals surface area contributed by atoms with Crippen LogP contribution < -0.4 is 0 Å². The van der Waals surface area contributed by atoms with Crippen molar-refractivity contribution in [3.05, 3.63) is 0 Å². The van der Waals surface area contributed by atoms with Crippen LogP contribution in [0.25, 0.3) is 0 Å². The molecule has 0 aromatic rings. The smallest absolute Gasteiger partial charge is 0.311 e. The molecule has 0 aromatic carbocycles. The second kappa shape index (κ2) is 9.76. The number of rotatable bonds is 12. The fourth-order valence-corrected chi connectivity index (χ4v) is 3.77. The third-order valence-electron chi connectivity index (χ3n) is 2.84. The molecule has 0 aromatic heterocycles. The standard InChI is InChI=1S/3C5H5O3.Al/c3*1-4(7)2-5(8)3-6;/h3*2H2,1H3;. The molecule has 132 valence electrons. The summed E-state index contributed by atoms with van der Waals surface area (Å²) in [5.41, 5.74) is 0. The molecule has 0 aliphatic rings. The molecule has 0 radical (unpaired) electrons. The summed E-state index contributed by atoms with van der Waals surface area (Å²) in [4.78, 5) is 104. The van der Waals surface area contributed by atoms with Crippen LogP contribution in [0.5, 0.6) is 0 Å². The van der Waals surface area contributed by atoms with Gasteiger partial charge in [0.25, 0.3) is 0 Å². The molecule has 0 bridgehead atoms. The first-order valence-corrected chi connectivity index (χ1v) is 8.81. The van der Waals surface area contributed by atoms with Crippen LogP contribution in [0.2, 0.25) is 0 Å². The third-order valence-corrected chi connectivity index (χ3v) is 5.38. The second-order valence-corrected chi connectivity index (χ2v) is 7.87. The predicted molar refractivity (Wildman–Crippen MR) is 81.7 cm³/mol. The SMILES string of the molecule is CC(=O)CC(=O)[C](=O)[Al]([C](=O)C(=O)CC(C)=O)[C](=O)C(=O)CC(C)=O. The van der Waals surface area contributed by atoms with Gasteiger partial charge in [-0.25, -0.2) is 0 Å². The molecule has 0 atom stereocenters. The number of hydrogen-bond acceptors (Lipinski definition) is 9. The monoisotopic (exact) mass is 366 g/mol. The van der Waals surface area contributed by atoms with Gasteiger partial charge >= 0.3 is 14.1 Å². The van der Waals surface area contributed by atoms with Gasteiger partial charge in [0.05, 0.1) is 19.3 Å². The maximum Gasteiger partial charge on any atom is 0.586 e. The Hall–Kier alpha value is -2.44. The van der Waals surface area contributed by atoms with Crippen LogP contribution in [0.3, 0.4) is 0 Å². The van der Waals surface area contributed by atoms with Crippen molar-refractivity contribution in [2.24, 2.45) is 0 Å². The molecule has 25 heavy (non-hydrogen) atoms. The van der Waals surface area contributed by atoms with E-state index in [1.807, 2.05) is 0 Å². The van der Waals surface area contributed by atoms with Gasteiger partial charge in [0, 0.05) is 0 Å². The van der Waals surface area contributed by atoms with Crippen molar-refractivity contribution in [3.8, 4) is 0 Å². The van der Waals surface area contributed by atoms with Crippen LogP contribution in [0, 0.1) is 0 Å². The van der Waals surface area contributed by atoms with Crippen molar-refractivity contribution in [2.75, 3.05) is 0 Å². The highest BCUT2D eigenvalue weighted by Crippen LogP contribution is 2.03. The maximum absolute atomic E-state index is 12.1. The fraction of sp³-hybridized carbons (Fsp3) is 0.400. The van der Waals surface area contributed by atoms with Gasteiger partial charge in [0.1, 0.15) is 31.3 Å². The van der Waals surface area contributed by atoms with Crippen LogP contribution >= 0.6 is 0 Å². The van der Waals surface area contributed by atoms with Crippen molar-refractivity contribution < 1.29 is 43.2 Å². The Kier molecular flexibility index (Phi) is 8.81. The molecule has 0 saturated heterocycles. The fourth-order valence-electron chi connectivity index (χ4n) is 1.78. The molecule has 0 N–H and O–H groups in total. The van der Waals surface area contributed by atoms with E-state index in [2.05, 4.69) is 0 Å². The summed E-state index contributed by atoms with van der Waals surface area (Å²) in [7, 11) is 0. The summed E-state index contributed by atoms with van der Waals surface area (Å²) in [5, 5.41) is 0. The topological polar surface area (TPSA) is 154 Å². The van der Waals surface area contributed by atoms with E-state index < -0.39 is 82.0 Å². The van der Waals surface area contributed by atoms with Crippen molar-refractivity contribution in [1.82, 2.24) is 0 Å². The van der Waals surface area contributed by atoms with Crippen LogP contribution in [0.4, 0.5) is 0 Å². The van der Waals surface area contributed by atoms with Gasteiger partial charge in [-0.05, 0) is 20.8 Å². The van der Waals surface area contributed by atoms with Gasteiger partial charge in [-0.3, -0.25) is 28.8 Å². The van der Waals surface area contributed by atoms with Gasteiger partial charge in [-0.2, -0.15) is 0 Å². The van der Waals surface area contributed by atoms with E-state index in [1.54, 1.807) is 0 Å². The molecule has 0 aliphatic carbocycles. The number of Topliss-reactive ketones (excluding diaryl/α,β-unsaturated/α-hetero) is 6. The second-order valence-electron chi connectivity index (χ2n) is 5.43. The minimum absolute atomic E-state index is 0.712. The van der Waals surface area contributed by atoms with Crippen molar-refractivity contribution >= 4 is 62.8 Å². The highest BCUT2D eigenvalue weighted by molar-refractivity contribution is 7.39. The summed E-state index contributed by atoms with van der Waals surface area (Å²) in [6.45, 7) is 2.98. The summed E-state index contributed by atoms with van der Waals surface area (Å²) in [6, 6.07) is 0. The molecular weight excluding hydrogens is 351 g/mol. The molecule has 0 saturated carbocycles. The Morgan fingerprint density at radius 1 is 0.480 bits per heavy atom. The molecular formula is C15H15AlO9. The van der Waals surface area contributed by atoms with Gasteiger partial charge < -0.3 is 14.4 Å². The van der Waals surface area contributed by atoms with Crippen LogP contribution in [0.1, 0.15) is 40.0 Å². The van der Waals surface area contributed by atoms with Gasteiger partial charge in [-0.15, -0.1) is 0 Å². The average Bonchev–Trinajstić information content (AvgIpc) is 2.44. The number of carbonyl (C=O) groups excluding carboxylic acids is 9. The summed E-state index contributed by atoms with van der Waals surface area (Å²) in [5.74, 6) is -6.23. The third kappa shape index (κ3) is 7.33. The summed E-state index contributed by atoms with van der Waals surface area (Å²) >= 11 is -4.29. The molecule has 10 heteroatoms. The zero-order valence-electron chi connectivity index (χ0n) is 13.9.